The highest BCUT2D eigenvalue weighted by molar-refractivity contribution is 6.32. The number of carbonyl (C=O) groups excluding carboxylic acids is 4. The number of piperidine rings is 2. The van der Waals surface area contributed by atoms with Crippen molar-refractivity contribution in [2.75, 3.05) is 14.2 Å². The van der Waals surface area contributed by atoms with Gasteiger partial charge >= 0.3 is 12.2 Å². The molecule has 14 nitrogen and oxygen atoms in total. The van der Waals surface area contributed by atoms with Gasteiger partial charge in [0.1, 0.15) is 34.6 Å². The Kier molecular flexibility index (Phi) is 10.5. The number of aromatic amines is 2. The van der Waals surface area contributed by atoms with E-state index in [1.165, 1.54) is 14.2 Å². The summed E-state index contributed by atoms with van der Waals surface area (Å²) in [4.78, 5) is 73.3. The number of imidazole rings is 2. The standard InChI is InChI=1S/C46H53ClN8O6/c1-21(2)34(51-45(58)60-6)43(56)54-29-15-12-28(19-29)39(54)42-49-36(40(47)53-42)25-10-8-24(9-11-25)26-13-16-30-27(18-26)14-17-32-37(30)50-41(48-32)33-20-31-23(5)38(31)55(33)44(57)35(22(3)4)52-46(59)61-7/h8-11,13-14,16-18,21-23,28-29,31,33-35,38-39H,12,15,19-20H2,1-7H3,(H,48,50)(H,49,53)(H,51,58)(H,52,59)/t23-,28+,29-,31+,33+,34+,35+,38-,39+/m1/s1. The van der Waals surface area contributed by atoms with Crippen molar-refractivity contribution in [3.05, 3.63) is 71.4 Å². The number of alkyl carbamates (subject to hydrolysis) is 2. The summed E-state index contributed by atoms with van der Waals surface area (Å²) < 4.78 is 9.67. The van der Waals surface area contributed by atoms with Gasteiger partial charge in [-0.2, -0.15) is 0 Å². The first kappa shape index (κ1) is 40.8. The van der Waals surface area contributed by atoms with Crippen LogP contribution in [0.1, 0.15) is 84.0 Å². The molecular weight excluding hydrogens is 796 g/mol. The molecule has 9 atom stereocenters. The van der Waals surface area contributed by atoms with Crippen molar-refractivity contribution in [3.8, 4) is 22.4 Å². The van der Waals surface area contributed by atoms with Gasteiger partial charge in [-0.05, 0) is 83.9 Å². The molecule has 320 valence electrons. The van der Waals surface area contributed by atoms with Crippen molar-refractivity contribution < 1.29 is 28.7 Å². The molecule has 0 spiro atoms. The number of fused-ring (bicyclic) bond motifs is 6. The van der Waals surface area contributed by atoms with Crippen LogP contribution in [0.15, 0.2) is 54.6 Å². The molecule has 2 aromatic heterocycles. The lowest BCUT2D eigenvalue weighted by Crippen LogP contribution is -2.54. The summed E-state index contributed by atoms with van der Waals surface area (Å²) in [6, 6.07) is 16.9. The number of nitrogens with zero attached hydrogens (tertiary/aromatic N) is 4. The van der Waals surface area contributed by atoms with E-state index in [4.69, 9.17) is 31.0 Å². The van der Waals surface area contributed by atoms with Crippen LogP contribution in [0, 0.1) is 29.6 Å². The zero-order chi connectivity index (χ0) is 43.0. The Bertz CT molecular complexity index is 2530. The Morgan fingerprint density at radius 2 is 1.41 bits per heavy atom. The van der Waals surface area contributed by atoms with E-state index in [-0.39, 0.29) is 53.7 Å². The normalized spacial score (nSPS) is 25.0. The number of carbonyl (C=O) groups is 4. The van der Waals surface area contributed by atoms with Crippen molar-refractivity contribution in [2.24, 2.45) is 29.6 Å². The minimum atomic E-state index is -0.721. The minimum absolute atomic E-state index is 0.0755. The number of methoxy groups -OCH3 is 2. The van der Waals surface area contributed by atoms with E-state index in [1.54, 1.807) is 0 Å². The number of aromatic nitrogens is 4. The minimum Gasteiger partial charge on any atom is -0.453 e. The fourth-order valence-electron chi connectivity index (χ4n) is 10.5. The first-order valence-corrected chi connectivity index (χ1v) is 21.8. The van der Waals surface area contributed by atoms with E-state index < -0.39 is 24.3 Å². The number of hydrogen-bond acceptors (Lipinski definition) is 8. The number of H-pyrrole nitrogens is 2. The topological polar surface area (TPSA) is 175 Å². The Labute approximate surface area is 359 Å². The average Bonchev–Trinajstić information content (AvgIpc) is 3.95. The highest BCUT2D eigenvalue weighted by Crippen LogP contribution is 2.58. The van der Waals surface area contributed by atoms with Crippen LogP contribution in [0.4, 0.5) is 9.59 Å². The molecule has 4 fully saturated rings. The summed E-state index contributed by atoms with van der Waals surface area (Å²) in [5.41, 5.74) is 5.29. The largest absolute Gasteiger partial charge is 0.453 e. The number of likely N-dealkylation sites (tertiary alicyclic amines) is 2. The van der Waals surface area contributed by atoms with Gasteiger partial charge in [0.15, 0.2) is 0 Å². The van der Waals surface area contributed by atoms with Crippen LogP contribution >= 0.6 is 11.6 Å². The number of halogens is 1. The van der Waals surface area contributed by atoms with Crippen LogP contribution in [-0.2, 0) is 19.1 Å². The van der Waals surface area contributed by atoms with Crippen LogP contribution in [0.25, 0.3) is 44.2 Å². The Morgan fingerprint density at radius 1 is 0.770 bits per heavy atom. The van der Waals surface area contributed by atoms with Gasteiger partial charge in [-0.25, -0.2) is 19.6 Å². The molecule has 2 saturated carbocycles. The predicted molar refractivity (Wildman–Crippen MR) is 231 cm³/mol. The number of benzene rings is 3. The summed E-state index contributed by atoms with van der Waals surface area (Å²) in [7, 11) is 2.60. The number of amides is 4. The molecule has 4 aliphatic rings. The molecule has 2 aliphatic carbocycles. The third kappa shape index (κ3) is 7.06. The second-order valence-corrected chi connectivity index (χ2v) is 18.4. The van der Waals surface area contributed by atoms with Crippen molar-refractivity contribution in [1.82, 2.24) is 40.4 Å². The molecule has 61 heavy (non-hydrogen) atoms. The van der Waals surface area contributed by atoms with Crippen LogP contribution in [0.2, 0.25) is 5.15 Å². The van der Waals surface area contributed by atoms with Crippen molar-refractivity contribution in [2.45, 2.75) is 96.6 Å². The number of rotatable bonds is 10. The molecule has 0 unspecified atom stereocenters. The SMILES string of the molecule is COC(=O)N[C@H](C(=O)N1[C@@H]2CC[C@@H](C2)[C@H]1c1nc(-c2ccc(-c3ccc4c(ccc5[nH]c([C@@H]6C[C@H]7[C@@H](C)[C@H]7N6C(=O)[C@@H](NC(=O)OC)C(C)C)nc54)c3)cc2)c(Cl)[nH]1)C(C)C. The molecule has 9 rings (SSSR count). The lowest BCUT2D eigenvalue weighted by Gasteiger charge is -2.37. The lowest BCUT2D eigenvalue weighted by atomic mass is 9.95. The first-order valence-electron chi connectivity index (χ1n) is 21.4. The van der Waals surface area contributed by atoms with E-state index >= 15 is 0 Å². The Morgan fingerprint density at radius 3 is 2.07 bits per heavy atom. The molecule has 15 heteroatoms. The maximum Gasteiger partial charge on any atom is 0.407 e. The van der Waals surface area contributed by atoms with E-state index in [1.807, 2.05) is 55.7 Å². The van der Waals surface area contributed by atoms with E-state index in [0.717, 1.165) is 70.0 Å². The molecule has 5 aromatic rings. The van der Waals surface area contributed by atoms with Crippen LogP contribution in [-0.4, -0.2) is 92.1 Å². The fraction of sp³-hybridized carbons (Fsp3) is 0.478. The van der Waals surface area contributed by atoms with Gasteiger partial charge in [-0.3, -0.25) is 9.59 Å². The Balaban J connectivity index is 0.949. The molecule has 4 heterocycles. The van der Waals surface area contributed by atoms with Gasteiger partial charge in [-0.15, -0.1) is 0 Å². The lowest BCUT2D eigenvalue weighted by molar-refractivity contribution is -0.139. The van der Waals surface area contributed by atoms with Gasteiger partial charge in [0, 0.05) is 23.0 Å². The quantitative estimate of drug-likeness (QED) is 0.109. The molecular formula is C46H53ClN8O6. The predicted octanol–water partition coefficient (Wildman–Crippen LogP) is 8.15. The third-order valence-electron chi connectivity index (χ3n) is 13.8. The molecule has 2 aliphatic heterocycles. The zero-order valence-electron chi connectivity index (χ0n) is 35.5. The number of ether oxygens (including phenoxy) is 2. The zero-order valence-corrected chi connectivity index (χ0v) is 36.2. The summed E-state index contributed by atoms with van der Waals surface area (Å²) in [6.45, 7) is 9.85. The van der Waals surface area contributed by atoms with Gasteiger partial charge in [0.05, 0.1) is 37.3 Å². The van der Waals surface area contributed by atoms with Crippen LogP contribution < -0.4 is 10.6 Å². The second-order valence-electron chi connectivity index (χ2n) is 18.0. The highest BCUT2D eigenvalue weighted by Gasteiger charge is 2.61. The van der Waals surface area contributed by atoms with Gasteiger partial charge < -0.3 is 39.9 Å². The van der Waals surface area contributed by atoms with Crippen molar-refractivity contribution in [1.29, 1.82) is 0 Å². The third-order valence-corrected chi connectivity index (χ3v) is 14.1. The average molecular weight is 849 g/mol. The summed E-state index contributed by atoms with van der Waals surface area (Å²) in [6.07, 6.45) is 2.36. The molecule has 4 amide bonds. The highest BCUT2D eigenvalue weighted by atomic mass is 35.5. The monoisotopic (exact) mass is 848 g/mol. The molecule has 2 bridgehead atoms. The second kappa shape index (κ2) is 15.7. The van der Waals surface area contributed by atoms with E-state index in [0.29, 0.717) is 28.5 Å². The van der Waals surface area contributed by atoms with Gasteiger partial charge in [0.25, 0.3) is 0 Å². The maximum atomic E-state index is 14.1. The first-order chi connectivity index (χ1) is 29.3. The molecule has 2 saturated heterocycles. The van der Waals surface area contributed by atoms with Crippen molar-refractivity contribution >= 4 is 57.4 Å². The van der Waals surface area contributed by atoms with E-state index in [2.05, 4.69) is 63.9 Å². The fourth-order valence-corrected chi connectivity index (χ4v) is 10.8. The summed E-state index contributed by atoms with van der Waals surface area (Å²) in [5, 5.41) is 7.97. The van der Waals surface area contributed by atoms with E-state index in [9.17, 15) is 19.2 Å². The van der Waals surface area contributed by atoms with Gasteiger partial charge in [-0.1, -0.05) is 88.7 Å². The summed E-state index contributed by atoms with van der Waals surface area (Å²) >= 11 is 6.85. The smallest absolute Gasteiger partial charge is 0.407 e. The maximum absolute atomic E-state index is 14.1. The molecule has 4 N–H and O–H groups in total. The van der Waals surface area contributed by atoms with Gasteiger partial charge in [0.2, 0.25) is 11.8 Å². The number of hydrogen-bond donors (Lipinski definition) is 4. The van der Waals surface area contributed by atoms with Crippen molar-refractivity contribution in [3.63, 3.8) is 0 Å². The molecule has 3 aromatic carbocycles. The Hall–Kier alpha value is -5.63. The van der Waals surface area contributed by atoms with Crippen LogP contribution in [0.5, 0.6) is 0 Å². The summed E-state index contributed by atoms with van der Waals surface area (Å²) in [5.74, 6) is 1.95. The molecule has 0 radical (unpaired) electrons. The number of nitrogens with one attached hydrogen (secondary N) is 4. The van der Waals surface area contributed by atoms with Crippen LogP contribution in [0.3, 0.4) is 0 Å².